The van der Waals surface area contributed by atoms with Gasteiger partial charge in [0, 0.05) is 0 Å². The van der Waals surface area contributed by atoms with Crippen molar-refractivity contribution in [3.05, 3.63) is 28.8 Å². The molecule has 0 N–H and O–H groups in total. The van der Waals surface area contributed by atoms with Crippen LogP contribution < -0.4 is 4.74 Å². The minimum atomic E-state index is -5.21. The van der Waals surface area contributed by atoms with Crippen LogP contribution in [0.1, 0.15) is 21.5 Å². The van der Waals surface area contributed by atoms with Gasteiger partial charge in [0.1, 0.15) is 11.3 Å². The summed E-state index contributed by atoms with van der Waals surface area (Å²) in [5.74, 6) is -2.88. The van der Waals surface area contributed by atoms with Gasteiger partial charge in [-0.05, 0) is 12.1 Å². The van der Waals surface area contributed by atoms with Crippen LogP contribution in [0.4, 0.5) is 26.3 Å². The van der Waals surface area contributed by atoms with E-state index in [4.69, 9.17) is 0 Å². The molecule has 0 aromatic heterocycles. The van der Waals surface area contributed by atoms with E-state index < -0.39 is 40.8 Å². The molecule has 0 spiro atoms. The smallest absolute Gasteiger partial charge is 0.420 e. The summed E-state index contributed by atoms with van der Waals surface area (Å²) in [6.45, 7) is 0. The van der Waals surface area contributed by atoms with Gasteiger partial charge in [-0.2, -0.15) is 26.3 Å². The van der Waals surface area contributed by atoms with Gasteiger partial charge in [-0.1, -0.05) is 0 Å². The molecule has 3 nitrogen and oxygen atoms in total. The van der Waals surface area contributed by atoms with E-state index in [0.29, 0.717) is 19.2 Å². The van der Waals surface area contributed by atoms with Gasteiger partial charge in [-0.3, -0.25) is 0 Å². The van der Waals surface area contributed by atoms with Crippen LogP contribution in [-0.4, -0.2) is 20.2 Å². The summed E-state index contributed by atoms with van der Waals surface area (Å²) in [6, 6.07) is 0.736. The van der Waals surface area contributed by atoms with Gasteiger partial charge in [0.05, 0.1) is 25.3 Å². The summed E-state index contributed by atoms with van der Waals surface area (Å²) in [6.07, 6.45) is -10.3. The monoisotopic (exact) mass is 302 g/mol. The number of carbonyl (C=O) groups excluding carboxylic acids is 1. The van der Waals surface area contributed by atoms with Crippen LogP contribution in [0, 0.1) is 0 Å². The third-order valence-electron chi connectivity index (χ3n) is 2.36. The van der Waals surface area contributed by atoms with Crippen molar-refractivity contribution in [2.45, 2.75) is 12.4 Å². The molecule has 0 bridgehead atoms. The maximum Gasteiger partial charge on any atom is 0.420 e. The van der Waals surface area contributed by atoms with Crippen molar-refractivity contribution in [3.63, 3.8) is 0 Å². The van der Waals surface area contributed by atoms with E-state index in [1.807, 2.05) is 0 Å². The molecule has 0 unspecified atom stereocenters. The number of benzene rings is 1. The molecule has 0 radical (unpaired) electrons. The Labute approximate surface area is 109 Å². The molecule has 0 saturated heterocycles. The van der Waals surface area contributed by atoms with Crippen molar-refractivity contribution in [2.75, 3.05) is 14.2 Å². The van der Waals surface area contributed by atoms with Crippen LogP contribution in [0.2, 0.25) is 0 Å². The number of carbonyl (C=O) groups is 1. The zero-order valence-corrected chi connectivity index (χ0v) is 10.1. The predicted octanol–water partition coefficient (Wildman–Crippen LogP) is 3.52. The summed E-state index contributed by atoms with van der Waals surface area (Å²) < 4.78 is 85.0. The highest BCUT2D eigenvalue weighted by atomic mass is 19.4. The van der Waals surface area contributed by atoms with E-state index in [2.05, 4.69) is 9.47 Å². The second-order valence-electron chi connectivity index (χ2n) is 3.56. The first-order chi connectivity index (χ1) is 9.04. The average molecular weight is 302 g/mol. The van der Waals surface area contributed by atoms with Gasteiger partial charge >= 0.3 is 18.3 Å². The van der Waals surface area contributed by atoms with Crippen LogP contribution in [0.15, 0.2) is 12.1 Å². The molecule has 0 aliphatic carbocycles. The molecule has 0 aliphatic rings. The van der Waals surface area contributed by atoms with Crippen molar-refractivity contribution in [1.29, 1.82) is 0 Å². The highest BCUT2D eigenvalue weighted by molar-refractivity contribution is 5.92. The molecule has 1 aromatic carbocycles. The summed E-state index contributed by atoms with van der Waals surface area (Å²) >= 11 is 0. The Morgan fingerprint density at radius 2 is 1.55 bits per heavy atom. The van der Waals surface area contributed by atoms with Gasteiger partial charge < -0.3 is 9.47 Å². The Bertz CT molecular complexity index is 518. The van der Waals surface area contributed by atoms with Crippen molar-refractivity contribution in [3.8, 4) is 5.75 Å². The fraction of sp³-hybridized carbons (Fsp3) is 0.364. The second kappa shape index (κ2) is 5.22. The molecule has 0 aliphatic heterocycles. The van der Waals surface area contributed by atoms with Gasteiger partial charge in [-0.25, -0.2) is 4.79 Å². The first-order valence-corrected chi connectivity index (χ1v) is 4.97. The highest BCUT2D eigenvalue weighted by Gasteiger charge is 2.45. The summed E-state index contributed by atoms with van der Waals surface area (Å²) in [7, 11) is 1.47. The average Bonchev–Trinajstić information content (AvgIpc) is 2.33. The van der Waals surface area contributed by atoms with Crippen molar-refractivity contribution >= 4 is 5.97 Å². The molecule has 20 heavy (non-hydrogen) atoms. The molecular weight excluding hydrogens is 294 g/mol. The number of halogens is 6. The molecular formula is C11H8F6O3. The minimum absolute atomic E-state index is 0.334. The lowest BCUT2D eigenvalue weighted by molar-refractivity contribution is -0.145. The number of rotatable bonds is 2. The van der Waals surface area contributed by atoms with Gasteiger partial charge in [0.2, 0.25) is 0 Å². The lowest BCUT2D eigenvalue weighted by Gasteiger charge is -2.19. The number of ether oxygens (including phenoxy) is 2. The lowest BCUT2D eigenvalue weighted by atomic mass is 10.0. The van der Waals surface area contributed by atoms with Crippen LogP contribution in [0.3, 0.4) is 0 Å². The lowest BCUT2D eigenvalue weighted by Crippen LogP contribution is -2.19. The number of alkyl halides is 6. The molecule has 9 heteroatoms. The first kappa shape index (κ1) is 16.1. The fourth-order valence-electron chi connectivity index (χ4n) is 1.58. The Hall–Kier alpha value is -1.93. The number of esters is 1. The predicted molar refractivity (Wildman–Crippen MR) is 54.3 cm³/mol. The molecule has 0 heterocycles. The Morgan fingerprint density at radius 1 is 1.00 bits per heavy atom. The van der Waals surface area contributed by atoms with E-state index >= 15 is 0 Å². The Morgan fingerprint density at radius 3 is 1.90 bits per heavy atom. The zero-order valence-electron chi connectivity index (χ0n) is 10.1. The van der Waals surface area contributed by atoms with E-state index in [-0.39, 0.29) is 0 Å². The molecule has 0 atom stereocenters. The third-order valence-corrected chi connectivity index (χ3v) is 2.36. The van der Waals surface area contributed by atoms with Crippen LogP contribution in [0.5, 0.6) is 5.75 Å². The topological polar surface area (TPSA) is 35.5 Å². The normalized spacial score (nSPS) is 12.2. The largest absolute Gasteiger partial charge is 0.495 e. The van der Waals surface area contributed by atoms with Crippen LogP contribution >= 0.6 is 0 Å². The molecule has 1 aromatic rings. The third kappa shape index (κ3) is 2.97. The molecule has 1 rings (SSSR count). The van der Waals surface area contributed by atoms with E-state index in [0.717, 1.165) is 7.11 Å². The Kier molecular flexibility index (Phi) is 4.21. The zero-order chi connectivity index (χ0) is 15.7. The second-order valence-corrected chi connectivity index (χ2v) is 3.56. The minimum Gasteiger partial charge on any atom is -0.495 e. The number of hydrogen-bond acceptors (Lipinski definition) is 3. The Balaban J connectivity index is 3.74. The summed E-state index contributed by atoms with van der Waals surface area (Å²) in [5.41, 5.74) is -4.49. The maximum absolute atomic E-state index is 12.9. The standard InChI is InChI=1S/C11H8F6O3/c1-19-8-6(10(12,13)14)4-3-5(9(18)20-2)7(8)11(15,16)17/h3-4H,1-2H3. The van der Waals surface area contributed by atoms with E-state index in [1.54, 1.807) is 0 Å². The first-order valence-electron chi connectivity index (χ1n) is 4.97. The fourth-order valence-corrected chi connectivity index (χ4v) is 1.58. The maximum atomic E-state index is 12.9. The SMILES string of the molecule is COC(=O)c1ccc(C(F)(F)F)c(OC)c1C(F)(F)F. The van der Waals surface area contributed by atoms with Crippen LogP contribution in [-0.2, 0) is 17.1 Å². The summed E-state index contributed by atoms with van der Waals surface area (Å²) in [5, 5.41) is 0. The highest BCUT2D eigenvalue weighted by Crippen LogP contribution is 2.45. The molecule has 0 amide bonds. The van der Waals surface area contributed by atoms with Gasteiger partial charge in [0.25, 0.3) is 0 Å². The summed E-state index contributed by atoms with van der Waals surface area (Å²) in [4.78, 5) is 11.3. The van der Waals surface area contributed by atoms with Crippen molar-refractivity contribution < 1.29 is 40.6 Å². The van der Waals surface area contributed by atoms with E-state index in [1.165, 1.54) is 0 Å². The van der Waals surface area contributed by atoms with E-state index in [9.17, 15) is 31.1 Å². The number of methoxy groups -OCH3 is 2. The number of hydrogen-bond donors (Lipinski definition) is 0. The van der Waals surface area contributed by atoms with Gasteiger partial charge in [0.15, 0.2) is 0 Å². The van der Waals surface area contributed by atoms with Gasteiger partial charge in [-0.15, -0.1) is 0 Å². The molecule has 112 valence electrons. The van der Waals surface area contributed by atoms with Crippen LogP contribution in [0.25, 0.3) is 0 Å². The molecule has 0 saturated carbocycles. The molecule has 0 fully saturated rings. The van der Waals surface area contributed by atoms with Crippen molar-refractivity contribution in [1.82, 2.24) is 0 Å². The quantitative estimate of drug-likeness (QED) is 0.619. The van der Waals surface area contributed by atoms with Crippen molar-refractivity contribution in [2.24, 2.45) is 0 Å².